The molecule has 6 heteroatoms. The zero-order chi connectivity index (χ0) is 67.0. The summed E-state index contributed by atoms with van der Waals surface area (Å²) in [6.45, 7) is 0. The molecule has 20 aromatic rings. The van der Waals surface area contributed by atoms with Crippen molar-refractivity contribution < 1.29 is 4.21 Å². The Labute approximate surface area is 587 Å². The molecule has 102 heavy (non-hydrogen) atoms. The number of aromatic nitrogens is 4. The largest absolute Gasteiger partial charge is 0.309 e. The number of para-hydroxylation sites is 12. The third-order valence-electron chi connectivity index (χ3n) is 22.3. The maximum Gasteiger partial charge on any atom is 0.0541 e. The Morgan fingerprint density at radius 1 is 0.167 bits per heavy atom. The van der Waals surface area contributed by atoms with E-state index in [0.717, 1.165) is 153 Å². The highest BCUT2D eigenvalue weighted by Gasteiger charge is 2.58. The van der Waals surface area contributed by atoms with Crippen LogP contribution in [0.15, 0.2) is 384 Å². The number of hydrogen-bond donors (Lipinski definition) is 0. The maximum absolute atomic E-state index is 19.6. The van der Waals surface area contributed by atoms with Gasteiger partial charge < -0.3 is 18.3 Å². The standard InChI is InChI=1S/C96H60N4OS/c101-102(93-53-49-61(65-25-1-13-37-81(65)97-85-41-17-5-29-69(85)70-30-6-18-42-86(70)97)57-77(93)78-58-62(50-54-94(78)102)66-26-2-14-38-82(66)98-87-43-19-7-31-71(87)72-32-8-20-44-88(72)98)95-55-51-63(67-27-3-15-39-83(67)99-89-45-21-9-33-73(89)74-34-10-22-46-90(74)99)59-79(95)80-60-64(52-56-96(80)102)68-28-4-16-40-84(68)100-91-47-23-11-35-75(91)76-36-12-24-48-92(76)100/h1-60H. The average molecular weight is 1320 g/mol. The van der Waals surface area contributed by atoms with Crippen molar-refractivity contribution in [2.75, 3.05) is 0 Å². The second-order valence-corrected chi connectivity index (χ2v) is 31.0. The second-order valence-electron chi connectivity index (χ2n) is 27.3. The van der Waals surface area contributed by atoms with Crippen LogP contribution in [-0.2, 0) is 9.07 Å². The summed E-state index contributed by atoms with van der Waals surface area (Å²) in [6, 6.07) is 133. The smallest absolute Gasteiger partial charge is 0.0541 e. The van der Waals surface area contributed by atoms with E-state index in [1.165, 1.54) is 43.1 Å². The van der Waals surface area contributed by atoms with Crippen LogP contribution in [-0.4, -0.2) is 22.5 Å². The Balaban J connectivity index is 0.823. The second kappa shape index (κ2) is 21.2. The van der Waals surface area contributed by atoms with Crippen LogP contribution in [0.1, 0.15) is 0 Å². The molecule has 0 fully saturated rings. The summed E-state index contributed by atoms with van der Waals surface area (Å²) in [7, 11) is -4.62. The van der Waals surface area contributed by atoms with E-state index in [-0.39, 0.29) is 0 Å². The van der Waals surface area contributed by atoms with E-state index in [9.17, 15) is 0 Å². The Kier molecular flexibility index (Phi) is 11.8. The van der Waals surface area contributed by atoms with Crippen molar-refractivity contribution in [1.82, 2.24) is 18.3 Å². The van der Waals surface area contributed by atoms with Gasteiger partial charge in [0.2, 0.25) is 0 Å². The first-order valence-electron chi connectivity index (χ1n) is 35.0. The lowest BCUT2D eigenvalue weighted by Gasteiger charge is -2.39. The molecule has 0 bridgehead atoms. The topological polar surface area (TPSA) is 36.8 Å². The highest BCUT2D eigenvalue weighted by molar-refractivity contribution is 8.21. The molecule has 4 aromatic heterocycles. The Morgan fingerprint density at radius 3 is 0.529 bits per heavy atom. The van der Waals surface area contributed by atoms with Gasteiger partial charge in [-0.25, -0.2) is 0 Å². The van der Waals surface area contributed by atoms with E-state index in [4.69, 9.17) is 0 Å². The highest BCUT2D eigenvalue weighted by Crippen LogP contribution is 2.72. The fourth-order valence-corrected chi connectivity index (χ4v) is 23.2. The van der Waals surface area contributed by atoms with Crippen LogP contribution < -0.4 is 0 Å². The minimum Gasteiger partial charge on any atom is -0.309 e. The van der Waals surface area contributed by atoms with Crippen molar-refractivity contribution in [3.63, 3.8) is 0 Å². The number of rotatable bonds is 8. The SMILES string of the molecule is O=S12(c3ccc(-c4ccccc4-n4c5ccccc5c5ccccc54)cc3-c3cc(-c4ccccc4-n4c5ccccc5c5ccccc54)ccc31)c1ccc(-c3ccccc3-n3c4ccccc4c4ccccc43)cc1-c1cc(-c3ccccc3-n3c4ccccc4c4ccccc43)ccc12. The third kappa shape index (κ3) is 7.57. The molecule has 2 aliphatic heterocycles. The average Bonchev–Trinajstić information content (AvgIpc) is 1.47. The zero-order valence-corrected chi connectivity index (χ0v) is 56.1. The van der Waals surface area contributed by atoms with Crippen molar-refractivity contribution in [2.24, 2.45) is 0 Å². The molecule has 0 amide bonds. The van der Waals surface area contributed by atoms with E-state index >= 15 is 4.21 Å². The molecule has 2 aliphatic rings. The van der Waals surface area contributed by atoms with Crippen molar-refractivity contribution in [1.29, 1.82) is 0 Å². The summed E-state index contributed by atoms with van der Waals surface area (Å²) in [5.41, 5.74) is 25.6. The number of nitrogens with zero attached hydrogens (tertiary/aromatic N) is 4. The lowest BCUT2D eigenvalue weighted by Crippen LogP contribution is -2.30. The van der Waals surface area contributed by atoms with Crippen molar-refractivity contribution in [2.45, 2.75) is 19.6 Å². The summed E-state index contributed by atoms with van der Waals surface area (Å²) >= 11 is 0. The van der Waals surface area contributed by atoms with Gasteiger partial charge in [0, 0.05) is 94.0 Å². The molecule has 0 saturated heterocycles. The van der Waals surface area contributed by atoms with Gasteiger partial charge in [0.15, 0.2) is 0 Å². The van der Waals surface area contributed by atoms with Gasteiger partial charge in [0.1, 0.15) is 0 Å². The molecule has 6 heterocycles. The van der Waals surface area contributed by atoms with E-state index < -0.39 is 9.07 Å². The van der Waals surface area contributed by atoms with Gasteiger partial charge in [-0.2, -0.15) is 0 Å². The summed E-state index contributed by atoms with van der Waals surface area (Å²) in [6.07, 6.45) is 0. The molecule has 0 aliphatic carbocycles. The molecule has 0 radical (unpaired) electrons. The number of hydrogen-bond acceptors (Lipinski definition) is 1. The van der Waals surface area contributed by atoms with Crippen LogP contribution in [0.25, 0.3) is 177 Å². The van der Waals surface area contributed by atoms with Crippen LogP contribution in [0.4, 0.5) is 0 Å². The Morgan fingerprint density at radius 2 is 0.333 bits per heavy atom. The van der Waals surface area contributed by atoms with Crippen LogP contribution >= 0.6 is 0 Å². The molecular formula is C96H60N4OS. The van der Waals surface area contributed by atoms with Gasteiger partial charge in [-0.1, -0.05) is 243 Å². The quantitative estimate of drug-likeness (QED) is 0.149. The molecule has 0 saturated carbocycles. The lowest BCUT2D eigenvalue weighted by atomic mass is 9.95. The molecule has 0 N–H and O–H groups in total. The van der Waals surface area contributed by atoms with Gasteiger partial charge in [-0.15, -0.1) is 0 Å². The van der Waals surface area contributed by atoms with Gasteiger partial charge in [-0.05, 0) is 166 Å². The van der Waals surface area contributed by atoms with Crippen molar-refractivity contribution in [3.8, 4) is 89.5 Å². The maximum atomic E-state index is 19.6. The normalized spacial score (nSPS) is 13.7. The van der Waals surface area contributed by atoms with Crippen LogP contribution in [0, 0.1) is 0 Å². The van der Waals surface area contributed by atoms with Crippen molar-refractivity contribution >= 4 is 96.3 Å². The van der Waals surface area contributed by atoms with E-state index in [2.05, 4.69) is 382 Å². The van der Waals surface area contributed by atoms with Gasteiger partial charge in [0.05, 0.1) is 66.9 Å². The fraction of sp³-hybridized carbons (Fsp3) is 0. The summed E-state index contributed by atoms with van der Waals surface area (Å²) < 4.78 is 29.3. The van der Waals surface area contributed by atoms with Crippen molar-refractivity contribution in [3.05, 3.63) is 364 Å². The first-order chi connectivity index (χ1) is 50.5. The predicted octanol–water partition coefficient (Wildman–Crippen LogP) is 25.1. The summed E-state index contributed by atoms with van der Waals surface area (Å²) in [5, 5.41) is 9.63. The van der Waals surface area contributed by atoms with Crippen LogP contribution in [0.2, 0.25) is 0 Å². The first kappa shape index (κ1) is 56.8. The van der Waals surface area contributed by atoms with E-state index in [0.29, 0.717) is 0 Å². The molecule has 476 valence electrons. The number of fused-ring (bicyclic) bond motifs is 22. The minimum atomic E-state index is -4.62. The molecule has 0 atom stereocenters. The van der Waals surface area contributed by atoms with Gasteiger partial charge in [0.25, 0.3) is 0 Å². The fourth-order valence-electron chi connectivity index (χ4n) is 18.1. The lowest BCUT2D eigenvalue weighted by molar-refractivity contribution is 0.658. The van der Waals surface area contributed by atoms with Gasteiger partial charge >= 0.3 is 0 Å². The third-order valence-corrected chi connectivity index (χ3v) is 27.1. The monoisotopic (exact) mass is 1320 g/mol. The number of benzene rings is 16. The van der Waals surface area contributed by atoms with E-state index in [1.807, 2.05) is 0 Å². The molecule has 0 unspecified atom stereocenters. The van der Waals surface area contributed by atoms with Gasteiger partial charge in [-0.3, -0.25) is 4.21 Å². The molecule has 22 rings (SSSR count). The predicted molar refractivity (Wildman–Crippen MR) is 424 cm³/mol. The molecular weight excluding hydrogens is 1260 g/mol. The highest BCUT2D eigenvalue weighted by atomic mass is 32.3. The summed E-state index contributed by atoms with van der Waals surface area (Å²) in [5.74, 6) is 0. The molecule has 16 aromatic carbocycles. The Bertz CT molecular complexity index is 6050. The molecule has 1 spiro atoms. The van der Waals surface area contributed by atoms with Crippen LogP contribution in [0.3, 0.4) is 0 Å². The Hall–Kier alpha value is -13.1. The van der Waals surface area contributed by atoms with Crippen LogP contribution in [0.5, 0.6) is 0 Å². The van der Waals surface area contributed by atoms with E-state index in [1.54, 1.807) is 0 Å². The first-order valence-corrected chi connectivity index (χ1v) is 37.0. The zero-order valence-electron chi connectivity index (χ0n) is 55.2. The minimum absolute atomic E-state index is 0.810. The molecule has 5 nitrogen and oxygen atoms in total. The summed E-state index contributed by atoms with van der Waals surface area (Å²) in [4.78, 5) is 3.24.